The van der Waals surface area contributed by atoms with Gasteiger partial charge in [0.1, 0.15) is 5.82 Å². The van der Waals surface area contributed by atoms with Crippen LogP contribution in [0, 0.1) is 6.92 Å². The Balaban J connectivity index is 2.06. The number of rotatable bonds is 8. The lowest BCUT2D eigenvalue weighted by Gasteiger charge is -2.11. The molecule has 0 bridgehead atoms. The number of anilines is 4. The minimum atomic E-state index is -0.0995. The van der Waals surface area contributed by atoms with Crippen molar-refractivity contribution in [2.24, 2.45) is 0 Å². The van der Waals surface area contributed by atoms with Crippen LogP contribution in [0.4, 0.5) is 23.1 Å². The number of carbonyl (C=O) groups is 1. The van der Waals surface area contributed by atoms with Gasteiger partial charge in [0.05, 0.1) is 0 Å². The van der Waals surface area contributed by atoms with Gasteiger partial charge in [0.15, 0.2) is 0 Å². The summed E-state index contributed by atoms with van der Waals surface area (Å²) in [5.41, 5.74) is 2.45. The first kappa shape index (κ1) is 17.7. The lowest BCUT2D eigenvalue weighted by Crippen LogP contribution is -2.07. The highest BCUT2D eigenvalue weighted by Crippen LogP contribution is 2.19. The molecule has 3 N–H and O–H groups in total. The number of benzene rings is 1. The minimum absolute atomic E-state index is 0.0995. The summed E-state index contributed by atoms with van der Waals surface area (Å²) >= 11 is 0. The molecule has 1 aromatic heterocycles. The molecule has 128 valence electrons. The van der Waals surface area contributed by atoms with E-state index in [2.05, 4.69) is 32.8 Å². The first-order valence-electron chi connectivity index (χ1n) is 8.31. The van der Waals surface area contributed by atoms with E-state index in [9.17, 15) is 4.79 Å². The fourth-order valence-electron chi connectivity index (χ4n) is 2.31. The van der Waals surface area contributed by atoms with Crippen LogP contribution in [0.15, 0.2) is 30.3 Å². The van der Waals surface area contributed by atoms with Crippen LogP contribution in [0.1, 0.15) is 38.8 Å². The molecule has 0 aliphatic heterocycles. The van der Waals surface area contributed by atoms with Gasteiger partial charge in [0, 0.05) is 36.6 Å². The average molecular weight is 327 g/mol. The largest absolute Gasteiger partial charge is 0.370 e. The van der Waals surface area contributed by atoms with Crippen LogP contribution in [-0.2, 0) is 4.79 Å². The highest BCUT2D eigenvalue weighted by Gasteiger charge is 2.04. The van der Waals surface area contributed by atoms with Crippen molar-refractivity contribution in [3.63, 3.8) is 0 Å². The summed E-state index contributed by atoms with van der Waals surface area (Å²) in [5, 5.41) is 9.28. The molecule has 0 saturated heterocycles. The SMILES string of the molecule is CCCCCNc1cc(C)nc(Nc2cccc(NC(C)=O)c2)n1. The van der Waals surface area contributed by atoms with E-state index in [-0.39, 0.29) is 5.91 Å². The molecule has 0 aliphatic rings. The van der Waals surface area contributed by atoms with Gasteiger partial charge in [-0.2, -0.15) is 4.98 Å². The molecule has 0 spiro atoms. The summed E-state index contributed by atoms with van der Waals surface area (Å²) in [4.78, 5) is 20.1. The van der Waals surface area contributed by atoms with E-state index in [0.717, 1.165) is 35.9 Å². The number of aryl methyl sites for hydroxylation is 1. The number of carbonyl (C=O) groups excluding carboxylic acids is 1. The quantitative estimate of drug-likeness (QED) is 0.636. The Morgan fingerprint density at radius 2 is 1.92 bits per heavy atom. The van der Waals surface area contributed by atoms with E-state index in [0.29, 0.717) is 5.95 Å². The van der Waals surface area contributed by atoms with Gasteiger partial charge in [-0.3, -0.25) is 4.79 Å². The standard InChI is InChI=1S/C18H25N5O/c1-4-5-6-10-19-17-11-13(2)20-18(23-17)22-16-9-7-8-15(12-16)21-14(3)24/h7-9,11-12H,4-6,10H2,1-3H3,(H,21,24)(H2,19,20,22,23). The summed E-state index contributed by atoms with van der Waals surface area (Å²) in [6.45, 7) is 6.52. The molecule has 6 nitrogen and oxygen atoms in total. The van der Waals surface area contributed by atoms with Crippen molar-refractivity contribution in [1.29, 1.82) is 0 Å². The third-order valence-electron chi connectivity index (χ3n) is 3.38. The predicted octanol–water partition coefficient (Wildman–Crippen LogP) is 4.09. The molecule has 0 atom stereocenters. The molecule has 2 rings (SSSR count). The van der Waals surface area contributed by atoms with Gasteiger partial charge >= 0.3 is 0 Å². The normalized spacial score (nSPS) is 10.3. The highest BCUT2D eigenvalue weighted by molar-refractivity contribution is 5.89. The molecule has 2 aromatic rings. The first-order chi connectivity index (χ1) is 11.6. The van der Waals surface area contributed by atoms with Crippen molar-refractivity contribution in [3.8, 4) is 0 Å². The van der Waals surface area contributed by atoms with Gasteiger partial charge in [-0.15, -0.1) is 0 Å². The fraction of sp³-hybridized carbons (Fsp3) is 0.389. The van der Waals surface area contributed by atoms with Crippen LogP contribution in [0.2, 0.25) is 0 Å². The maximum atomic E-state index is 11.2. The Hall–Kier alpha value is -2.63. The Morgan fingerprint density at radius 1 is 1.12 bits per heavy atom. The molecular weight excluding hydrogens is 302 g/mol. The minimum Gasteiger partial charge on any atom is -0.370 e. The van der Waals surface area contributed by atoms with Crippen molar-refractivity contribution in [3.05, 3.63) is 36.0 Å². The predicted molar refractivity (Wildman–Crippen MR) is 98.8 cm³/mol. The number of hydrogen-bond donors (Lipinski definition) is 3. The number of aromatic nitrogens is 2. The third-order valence-corrected chi connectivity index (χ3v) is 3.38. The number of nitrogens with one attached hydrogen (secondary N) is 3. The molecule has 1 heterocycles. The Kier molecular flexibility index (Phi) is 6.54. The smallest absolute Gasteiger partial charge is 0.229 e. The molecule has 6 heteroatoms. The van der Waals surface area contributed by atoms with Crippen molar-refractivity contribution >= 4 is 29.0 Å². The average Bonchev–Trinajstić information content (AvgIpc) is 2.51. The Morgan fingerprint density at radius 3 is 2.67 bits per heavy atom. The molecule has 0 aliphatic carbocycles. The Bertz CT molecular complexity index is 687. The van der Waals surface area contributed by atoms with Crippen molar-refractivity contribution in [1.82, 2.24) is 9.97 Å². The van der Waals surface area contributed by atoms with Crippen molar-refractivity contribution in [2.45, 2.75) is 40.0 Å². The van der Waals surface area contributed by atoms with E-state index >= 15 is 0 Å². The zero-order valence-electron chi connectivity index (χ0n) is 14.5. The second kappa shape index (κ2) is 8.86. The van der Waals surface area contributed by atoms with Crippen LogP contribution >= 0.6 is 0 Å². The van der Waals surface area contributed by atoms with Crippen molar-refractivity contribution < 1.29 is 4.79 Å². The lowest BCUT2D eigenvalue weighted by atomic mass is 10.2. The highest BCUT2D eigenvalue weighted by atomic mass is 16.1. The van der Waals surface area contributed by atoms with E-state index in [4.69, 9.17) is 0 Å². The number of amides is 1. The van der Waals surface area contributed by atoms with Crippen LogP contribution in [0.3, 0.4) is 0 Å². The van der Waals surface area contributed by atoms with E-state index < -0.39 is 0 Å². The molecule has 1 aromatic carbocycles. The monoisotopic (exact) mass is 327 g/mol. The maximum absolute atomic E-state index is 11.2. The summed E-state index contributed by atoms with van der Waals surface area (Å²) in [6.07, 6.45) is 3.53. The zero-order valence-corrected chi connectivity index (χ0v) is 14.5. The first-order valence-corrected chi connectivity index (χ1v) is 8.31. The molecule has 0 fully saturated rings. The van der Waals surface area contributed by atoms with Crippen LogP contribution in [0.5, 0.6) is 0 Å². The summed E-state index contributed by atoms with van der Waals surface area (Å²) in [6, 6.07) is 9.40. The molecule has 0 saturated carbocycles. The summed E-state index contributed by atoms with van der Waals surface area (Å²) < 4.78 is 0. The lowest BCUT2D eigenvalue weighted by molar-refractivity contribution is -0.114. The van der Waals surface area contributed by atoms with Gasteiger partial charge in [0.25, 0.3) is 0 Å². The summed E-state index contributed by atoms with van der Waals surface area (Å²) in [5.74, 6) is 1.25. The maximum Gasteiger partial charge on any atom is 0.229 e. The van der Waals surface area contributed by atoms with Gasteiger partial charge < -0.3 is 16.0 Å². The number of nitrogens with zero attached hydrogens (tertiary/aromatic N) is 2. The molecule has 0 radical (unpaired) electrons. The Labute approximate surface area is 143 Å². The fourth-order valence-corrected chi connectivity index (χ4v) is 2.31. The third kappa shape index (κ3) is 5.87. The second-order valence-electron chi connectivity index (χ2n) is 5.74. The van der Waals surface area contributed by atoms with Crippen LogP contribution < -0.4 is 16.0 Å². The van der Waals surface area contributed by atoms with Gasteiger partial charge in [0.2, 0.25) is 11.9 Å². The zero-order chi connectivity index (χ0) is 17.4. The van der Waals surface area contributed by atoms with E-state index in [1.165, 1.54) is 19.8 Å². The topological polar surface area (TPSA) is 78.9 Å². The molecular formula is C18H25N5O. The van der Waals surface area contributed by atoms with Gasteiger partial charge in [-0.05, 0) is 31.5 Å². The van der Waals surface area contributed by atoms with E-state index in [1.54, 1.807) is 0 Å². The van der Waals surface area contributed by atoms with Gasteiger partial charge in [-0.25, -0.2) is 4.98 Å². The molecule has 0 unspecified atom stereocenters. The number of unbranched alkanes of at least 4 members (excludes halogenated alkanes) is 2. The van der Waals surface area contributed by atoms with Gasteiger partial charge in [-0.1, -0.05) is 25.8 Å². The second-order valence-corrected chi connectivity index (χ2v) is 5.74. The van der Waals surface area contributed by atoms with Crippen LogP contribution in [-0.4, -0.2) is 22.4 Å². The molecule has 24 heavy (non-hydrogen) atoms. The number of hydrogen-bond acceptors (Lipinski definition) is 5. The molecule has 1 amide bonds. The van der Waals surface area contributed by atoms with Crippen LogP contribution in [0.25, 0.3) is 0 Å². The van der Waals surface area contributed by atoms with E-state index in [1.807, 2.05) is 37.3 Å². The van der Waals surface area contributed by atoms with Crippen molar-refractivity contribution in [2.75, 3.05) is 22.5 Å². The summed E-state index contributed by atoms with van der Waals surface area (Å²) in [7, 11) is 0.